The number of benzene rings is 1. The van der Waals surface area contributed by atoms with Crippen LogP contribution in [0.1, 0.15) is 78.6 Å². The second-order valence-corrected chi connectivity index (χ2v) is 13.7. The minimum Gasteiger partial charge on any atom is -0.394 e. The lowest BCUT2D eigenvalue weighted by molar-refractivity contribution is -0.158. The van der Waals surface area contributed by atoms with E-state index in [4.69, 9.17) is 4.74 Å². The first-order chi connectivity index (χ1) is 21.2. The Balaban J connectivity index is 1.63. The lowest BCUT2D eigenvalue weighted by Gasteiger charge is -2.42. The topological polar surface area (TPSA) is 90.4 Å². The number of aliphatic hydroxyl groups is 1. The first kappa shape index (κ1) is 32.4. The quantitative estimate of drug-likeness (QED) is 0.316. The van der Waals surface area contributed by atoms with E-state index in [0.29, 0.717) is 38.8 Å². The van der Waals surface area contributed by atoms with Gasteiger partial charge in [0.05, 0.1) is 30.1 Å². The maximum absolute atomic E-state index is 15.0. The summed E-state index contributed by atoms with van der Waals surface area (Å²) in [6.45, 7) is 14.4. The summed E-state index contributed by atoms with van der Waals surface area (Å²) in [6.07, 6.45) is 10.8. The highest BCUT2D eigenvalue weighted by atomic mass is 16.5. The molecule has 4 aliphatic rings. The van der Waals surface area contributed by atoms with Crippen molar-refractivity contribution in [3.8, 4) is 0 Å². The van der Waals surface area contributed by atoms with Crippen LogP contribution in [0, 0.1) is 17.8 Å². The summed E-state index contributed by atoms with van der Waals surface area (Å²) in [7, 11) is 0. The summed E-state index contributed by atoms with van der Waals surface area (Å²) in [5, 5.41) is 10.7. The predicted octanol–water partition coefficient (Wildman–Crippen LogP) is 5.11. The summed E-state index contributed by atoms with van der Waals surface area (Å²) in [5.74, 6) is -1.94. The molecule has 2 unspecified atom stereocenters. The second kappa shape index (κ2) is 13.2. The van der Waals surface area contributed by atoms with Gasteiger partial charge in [-0.2, -0.15) is 0 Å². The fourth-order valence-corrected chi connectivity index (χ4v) is 8.86. The van der Waals surface area contributed by atoms with E-state index in [2.05, 4.69) is 27.0 Å². The van der Waals surface area contributed by atoms with E-state index in [1.807, 2.05) is 42.2 Å². The zero-order valence-electron chi connectivity index (χ0n) is 26.8. The molecule has 1 aliphatic carbocycles. The Morgan fingerprint density at radius 2 is 1.75 bits per heavy atom. The summed E-state index contributed by atoms with van der Waals surface area (Å²) < 4.78 is 7.08. The number of carbonyl (C=O) groups excluding carboxylic acids is 3. The van der Waals surface area contributed by atoms with Crippen LogP contribution in [0.4, 0.5) is 5.69 Å². The van der Waals surface area contributed by atoms with Crippen molar-refractivity contribution in [2.24, 2.45) is 17.8 Å². The molecule has 1 aromatic carbocycles. The highest BCUT2D eigenvalue weighted by Gasteiger charge is 2.79. The molecule has 8 heteroatoms. The zero-order chi connectivity index (χ0) is 31.6. The number of rotatable bonds is 13. The van der Waals surface area contributed by atoms with Gasteiger partial charge in [0, 0.05) is 24.8 Å². The Morgan fingerprint density at radius 1 is 1.07 bits per heavy atom. The number of fused-ring (bicyclic) bond motifs is 1. The number of likely N-dealkylation sites (tertiary alicyclic amines) is 1. The molecule has 6 atom stereocenters. The molecule has 4 fully saturated rings. The Kier molecular flexibility index (Phi) is 9.71. The van der Waals surface area contributed by atoms with Gasteiger partial charge in [0.15, 0.2) is 0 Å². The summed E-state index contributed by atoms with van der Waals surface area (Å²) in [5.41, 5.74) is -1.26. The number of para-hydroxylation sites is 1. The van der Waals surface area contributed by atoms with Crippen molar-refractivity contribution in [2.45, 2.75) is 108 Å². The molecular formula is C36H51N3O5. The van der Waals surface area contributed by atoms with Crippen LogP contribution in [-0.2, 0) is 19.1 Å². The van der Waals surface area contributed by atoms with Crippen LogP contribution >= 0.6 is 0 Å². The Hall–Kier alpha value is -2.97. The van der Waals surface area contributed by atoms with Gasteiger partial charge in [0.1, 0.15) is 11.6 Å². The molecule has 3 aliphatic heterocycles. The molecule has 240 valence electrons. The first-order valence-electron chi connectivity index (χ1n) is 16.7. The van der Waals surface area contributed by atoms with Crippen LogP contribution < -0.4 is 4.90 Å². The lowest BCUT2D eigenvalue weighted by Crippen LogP contribution is -2.60. The van der Waals surface area contributed by atoms with E-state index in [-0.39, 0.29) is 36.3 Å². The minimum atomic E-state index is -1.14. The molecule has 44 heavy (non-hydrogen) atoms. The molecule has 0 aromatic heterocycles. The molecule has 2 bridgehead atoms. The van der Waals surface area contributed by atoms with Gasteiger partial charge in [-0.15, -0.1) is 13.2 Å². The van der Waals surface area contributed by atoms with Gasteiger partial charge >= 0.3 is 0 Å². The maximum Gasteiger partial charge on any atom is 0.248 e. The normalized spacial score (nSPS) is 30.3. The monoisotopic (exact) mass is 605 g/mol. The van der Waals surface area contributed by atoms with Crippen molar-refractivity contribution in [3.05, 3.63) is 55.6 Å². The molecule has 1 saturated carbocycles. The first-order valence-corrected chi connectivity index (χ1v) is 16.7. The van der Waals surface area contributed by atoms with Crippen molar-refractivity contribution in [1.29, 1.82) is 0 Å². The van der Waals surface area contributed by atoms with E-state index < -0.39 is 35.1 Å². The van der Waals surface area contributed by atoms with Crippen molar-refractivity contribution in [1.82, 2.24) is 9.80 Å². The van der Waals surface area contributed by atoms with Gasteiger partial charge in [-0.25, -0.2) is 0 Å². The Bertz CT molecular complexity index is 1230. The lowest BCUT2D eigenvalue weighted by atomic mass is 9.64. The third kappa shape index (κ3) is 5.32. The standard InChI is InChI=1S/C36H51N3O5/c1-6-21-37(26-15-11-9-12-16-26)32(41)29-30-33(42)39(28(24-40)23-25(4)5)31(36(30)20-19-35(29,8-3)44-36)34(43)38(22-7-2)27-17-13-10-14-18-27/h6-7,9,11-12,15-16,25,27-31,40H,1-2,8,10,13-14,17-24H2,3-5H3/t28-,29-,30+,31?,35+,36?/m1/s1. The summed E-state index contributed by atoms with van der Waals surface area (Å²) >= 11 is 0. The van der Waals surface area contributed by atoms with Gasteiger partial charge in [-0.05, 0) is 56.6 Å². The minimum absolute atomic E-state index is 0.0664. The fourth-order valence-electron chi connectivity index (χ4n) is 8.86. The number of hydrogen-bond donors (Lipinski definition) is 1. The third-order valence-electron chi connectivity index (χ3n) is 10.7. The van der Waals surface area contributed by atoms with E-state index in [9.17, 15) is 19.5 Å². The molecule has 1 N–H and O–H groups in total. The summed E-state index contributed by atoms with van der Waals surface area (Å²) in [4.78, 5) is 49.8. The van der Waals surface area contributed by atoms with Crippen LogP contribution in [0.25, 0.3) is 0 Å². The van der Waals surface area contributed by atoms with Crippen molar-refractivity contribution in [2.75, 3.05) is 24.6 Å². The zero-order valence-corrected chi connectivity index (χ0v) is 26.8. The number of hydrogen-bond acceptors (Lipinski definition) is 5. The van der Waals surface area contributed by atoms with Crippen molar-refractivity contribution >= 4 is 23.4 Å². The van der Waals surface area contributed by atoms with Crippen LogP contribution in [0.5, 0.6) is 0 Å². The van der Waals surface area contributed by atoms with Crippen LogP contribution in [0.3, 0.4) is 0 Å². The van der Waals surface area contributed by atoms with Gasteiger partial charge < -0.3 is 24.5 Å². The number of anilines is 1. The van der Waals surface area contributed by atoms with Crippen molar-refractivity contribution < 1.29 is 24.2 Å². The highest BCUT2D eigenvalue weighted by Crippen LogP contribution is 2.65. The fraction of sp³-hybridized carbons (Fsp3) is 0.639. The number of amides is 3. The molecule has 3 amide bonds. The summed E-state index contributed by atoms with van der Waals surface area (Å²) in [6, 6.07) is 8.07. The molecular weight excluding hydrogens is 554 g/mol. The predicted molar refractivity (Wildman–Crippen MR) is 172 cm³/mol. The van der Waals surface area contributed by atoms with E-state index >= 15 is 0 Å². The molecule has 5 rings (SSSR count). The largest absolute Gasteiger partial charge is 0.394 e. The number of aliphatic hydroxyl groups excluding tert-OH is 1. The second-order valence-electron chi connectivity index (χ2n) is 13.7. The van der Waals surface area contributed by atoms with Crippen LogP contribution in [0.15, 0.2) is 55.6 Å². The van der Waals surface area contributed by atoms with Crippen LogP contribution in [0.2, 0.25) is 0 Å². The van der Waals surface area contributed by atoms with E-state index in [1.165, 1.54) is 0 Å². The average Bonchev–Trinajstić information content (AvgIpc) is 3.65. The number of ether oxygens (including phenoxy) is 1. The molecule has 8 nitrogen and oxygen atoms in total. The molecule has 3 saturated heterocycles. The maximum atomic E-state index is 15.0. The third-order valence-corrected chi connectivity index (χ3v) is 10.7. The van der Waals surface area contributed by atoms with Gasteiger partial charge in [-0.1, -0.05) is 70.4 Å². The number of carbonyl (C=O) groups is 3. The van der Waals surface area contributed by atoms with E-state index in [0.717, 1.165) is 37.8 Å². The van der Waals surface area contributed by atoms with Gasteiger partial charge in [-0.3, -0.25) is 14.4 Å². The Morgan fingerprint density at radius 3 is 2.34 bits per heavy atom. The molecule has 3 heterocycles. The van der Waals surface area contributed by atoms with Crippen LogP contribution in [-0.4, -0.2) is 81.7 Å². The number of nitrogens with zero attached hydrogens (tertiary/aromatic N) is 3. The molecule has 1 aromatic rings. The van der Waals surface area contributed by atoms with Crippen molar-refractivity contribution in [3.63, 3.8) is 0 Å². The SMILES string of the molecule is C=CCN(C(=O)[C@H]1[C@H]2C(=O)N([C@@H](CO)CC(C)C)C(C(=O)N(CC=C)C3CCCCC3)C23CC[C@]1(CC)O3)c1ccccc1. The van der Waals surface area contributed by atoms with E-state index in [1.54, 1.807) is 22.0 Å². The smallest absolute Gasteiger partial charge is 0.248 e. The average molecular weight is 606 g/mol. The highest BCUT2D eigenvalue weighted by molar-refractivity contribution is 6.03. The Labute approximate surface area is 263 Å². The van der Waals surface area contributed by atoms with Gasteiger partial charge in [0.25, 0.3) is 0 Å². The van der Waals surface area contributed by atoms with Gasteiger partial charge in [0.2, 0.25) is 17.7 Å². The molecule has 1 spiro atoms. The molecule has 0 radical (unpaired) electrons.